The van der Waals surface area contributed by atoms with Crippen molar-refractivity contribution in [2.45, 2.75) is 30.7 Å². The molecule has 0 bridgehead atoms. The molecule has 0 saturated heterocycles. The SMILES string of the molecule is COC(=O)/C=C(/Nc1cc(S(=O)(=O)NC2CC2)cc([N+](=O)[O-])c1C)C(=O)OC. The van der Waals surface area contributed by atoms with E-state index >= 15 is 0 Å². The predicted octanol–water partition coefficient (Wildman–Crippen LogP) is 0.986. The highest BCUT2D eigenvalue weighted by Gasteiger charge is 2.30. The summed E-state index contributed by atoms with van der Waals surface area (Å²) in [6.45, 7) is 1.37. The van der Waals surface area contributed by atoms with Crippen molar-refractivity contribution in [3.8, 4) is 0 Å². The van der Waals surface area contributed by atoms with Gasteiger partial charge in [0, 0.05) is 17.8 Å². The Hall–Kier alpha value is -2.99. The van der Waals surface area contributed by atoms with E-state index in [-0.39, 0.29) is 27.9 Å². The van der Waals surface area contributed by atoms with Gasteiger partial charge in [0.05, 0.1) is 35.7 Å². The highest BCUT2D eigenvalue weighted by atomic mass is 32.2. The van der Waals surface area contributed by atoms with E-state index in [1.54, 1.807) is 0 Å². The number of benzene rings is 1. The molecule has 28 heavy (non-hydrogen) atoms. The summed E-state index contributed by atoms with van der Waals surface area (Å²) in [5.41, 5.74) is -0.833. The number of nitro groups is 1. The van der Waals surface area contributed by atoms with Gasteiger partial charge < -0.3 is 14.8 Å². The fourth-order valence-corrected chi connectivity index (χ4v) is 3.56. The molecule has 2 N–H and O–H groups in total. The minimum atomic E-state index is -4.00. The summed E-state index contributed by atoms with van der Waals surface area (Å²) in [5.74, 6) is -1.82. The van der Waals surface area contributed by atoms with Crippen molar-refractivity contribution in [3.05, 3.63) is 39.6 Å². The number of nitro benzene ring substituents is 1. The third-order valence-corrected chi connectivity index (χ3v) is 5.40. The van der Waals surface area contributed by atoms with E-state index in [1.807, 2.05) is 0 Å². The number of hydrogen-bond acceptors (Lipinski definition) is 9. The van der Waals surface area contributed by atoms with Gasteiger partial charge in [-0.2, -0.15) is 0 Å². The maximum atomic E-state index is 12.5. The van der Waals surface area contributed by atoms with E-state index in [9.17, 15) is 28.1 Å². The van der Waals surface area contributed by atoms with E-state index in [4.69, 9.17) is 0 Å². The third kappa shape index (κ3) is 5.04. The zero-order chi connectivity index (χ0) is 21.1. The van der Waals surface area contributed by atoms with Gasteiger partial charge in [0.1, 0.15) is 5.70 Å². The van der Waals surface area contributed by atoms with Crippen molar-refractivity contribution >= 4 is 33.3 Å². The number of carbonyl (C=O) groups is 2. The molecule has 1 fully saturated rings. The number of rotatable bonds is 8. The first-order valence-electron chi connectivity index (χ1n) is 8.05. The van der Waals surface area contributed by atoms with Crippen molar-refractivity contribution in [2.24, 2.45) is 0 Å². The number of hydrogen-bond donors (Lipinski definition) is 2. The maximum Gasteiger partial charge on any atom is 0.354 e. The number of anilines is 1. The Labute approximate surface area is 160 Å². The second-order valence-electron chi connectivity index (χ2n) is 5.97. The van der Waals surface area contributed by atoms with E-state index in [2.05, 4.69) is 19.5 Å². The lowest BCUT2D eigenvalue weighted by molar-refractivity contribution is -0.385. The van der Waals surface area contributed by atoms with Crippen molar-refractivity contribution in [2.75, 3.05) is 19.5 Å². The summed E-state index contributed by atoms with van der Waals surface area (Å²) in [6, 6.07) is 1.88. The van der Waals surface area contributed by atoms with E-state index < -0.39 is 32.6 Å². The van der Waals surface area contributed by atoms with Gasteiger partial charge in [0.2, 0.25) is 10.0 Å². The summed E-state index contributed by atoms with van der Waals surface area (Å²) in [5, 5.41) is 13.9. The summed E-state index contributed by atoms with van der Waals surface area (Å²) in [4.78, 5) is 33.7. The van der Waals surface area contributed by atoms with Crippen molar-refractivity contribution in [1.82, 2.24) is 4.72 Å². The molecule has 0 heterocycles. The average molecular weight is 413 g/mol. The first-order chi connectivity index (χ1) is 13.1. The van der Waals surface area contributed by atoms with E-state index in [1.165, 1.54) is 6.92 Å². The molecule has 12 heteroatoms. The van der Waals surface area contributed by atoms with Gasteiger partial charge in [-0.25, -0.2) is 22.7 Å². The highest BCUT2D eigenvalue weighted by Crippen LogP contribution is 2.32. The number of nitrogens with one attached hydrogen (secondary N) is 2. The van der Waals surface area contributed by atoms with Gasteiger partial charge in [-0.15, -0.1) is 0 Å². The van der Waals surface area contributed by atoms with Crippen molar-refractivity contribution in [3.63, 3.8) is 0 Å². The first-order valence-corrected chi connectivity index (χ1v) is 9.53. The Bertz CT molecular complexity index is 951. The van der Waals surface area contributed by atoms with Crippen LogP contribution in [0.3, 0.4) is 0 Å². The number of esters is 2. The Morgan fingerprint density at radius 3 is 2.39 bits per heavy atom. The molecule has 1 saturated carbocycles. The summed E-state index contributed by atoms with van der Waals surface area (Å²) >= 11 is 0. The molecule has 1 aromatic rings. The smallest absolute Gasteiger partial charge is 0.354 e. The fourth-order valence-electron chi connectivity index (χ4n) is 2.21. The van der Waals surface area contributed by atoms with Gasteiger partial charge in [-0.05, 0) is 25.8 Å². The molecule has 0 aliphatic heterocycles. The van der Waals surface area contributed by atoms with Crippen LogP contribution in [0.4, 0.5) is 11.4 Å². The molecular formula is C16H19N3O8S. The van der Waals surface area contributed by atoms with Crippen LogP contribution in [0.25, 0.3) is 0 Å². The van der Waals surface area contributed by atoms with Crippen LogP contribution in [0.5, 0.6) is 0 Å². The second kappa shape index (κ2) is 8.35. The van der Waals surface area contributed by atoms with Gasteiger partial charge in [0.25, 0.3) is 5.69 Å². The van der Waals surface area contributed by atoms with Crippen molar-refractivity contribution in [1.29, 1.82) is 0 Å². The number of sulfonamides is 1. The molecular weight excluding hydrogens is 394 g/mol. The zero-order valence-corrected chi connectivity index (χ0v) is 16.2. The zero-order valence-electron chi connectivity index (χ0n) is 15.3. The normalized spacial score (nSPS) is 14.3. The maximum absolute atomic E-state index is 12.5. The van der Waals surface area contributed by atoms with Crippen LogP contribution >= 0.6 is 0 Å². The standard InChI is InChI=1S/C16H19N3O8S/c1-9-12(17-13(16(21)27-3)8-15(20)26-2)6-11(7-14(9)19(22)23)28(24,25)18-10-4-5-10/h6-8,10,17-18H,4-5H2,1-3H3/b13-8+. The Balaban J connectivity index is 2.54. The van der Waals surface area contributed by atoms with Gasteiger partial charge >= 0.3 is 11.9 Å². The minimum absolute atomic E-state index is 0.0501. The number of nitrogens with zero attached hydrogens (tertiary/aromatic N) is 1. The topological polar surface area (TPSA) is 154 Å². The van der Waals surface area contributed by atoms with Crippen LogP contribution < -0.4 is 10.0 Å². The minimum Gasteiger partial charge on any atom is -0.466 e. The van der Waals surface area contributed by atoms with Crippen LogP contribution in [0.1, 0.15) is 18.4 Å². The Morgan fingerprint density at radius 2 is 1.89 bits per heavy atom. The molecule has 0 unspecified atom stereocenters. The number of methoxy groups -OCH3 is 2. The molecule has 0 amide bonds. The molecule has 0 spiro atoms. The first kappa shape index (κ1) is 21.3. The molecule has 2 rings (SSSR count). The van der Waals surface area contributed by atoms with Crippen LogP contribution in [0.15, 0.2) is 28.8 Å². The fraction of sp³-hybridized carbons (Fsp3) is 0.375. The monoisotopic (exact) mass is 413 g/mol. The molecule has 0 radical (unpaired) electrons. The van der Waals surface area contributed by atoms with E-state index in [0.29, 0.717) is 12.8 Å². The molecule has 0 aromatic heterocycles. The Kier molecular flexibility index (Phi) is 6.36. The lowest BCUT2D eigenvalue weighted by Gasteiger charge is -2.14. The van der Waals surface area contributed by atoms with Crippen LogP contribution in [-0.2, 0) is 29.1 Å². The van der Waals surface area contributed by atoms with Gasteiger partial charge in [-0.1, -0.05) is 0 Å². The highest BCUT2D eigenvalue weighted by molar-refractivity contribution is 7.89. The number of carbonyl (C=O) groups excluding carboxylic acids is 2. The summed E-state index contributed by atoms with van der Waals surface area (Å²) < 4.78 is 36.4. The van der Waals surface area contributed by atoms with Crippen LogP contribution in [0.2, 0.25) is 0 Å². The molecule has 0 atom stereocenters. The van der Waals surface area contributed by atoms with Gasteiger partial charge in [0.15, 0.2) is 0 Å². The summed E-state index contributed by atoms with van der Waals surface area (Å²) in [7, 11) is -1.83. The predicted molar refractivity (Wildman–Crippen MR) is 96.9 cm³/mol. The van der Waals surface area contributed by atoms with Crippen LogP contribution in [0, 0.1) is 17.0 Å². The Morgan fingerprint density at radius 1 is 1.25 bits per heavy atom. The van der Waals surface area contributed by atoms with Gasteiger partial charge in [-0.3, -0.25) is 10.1 Å². The third-order valence-electron chi connectivity index (χ3n) is 3.90. The molecule has 1 aromatic carbocycles. The molecule has 1 aliphatic carbocycles. The van der Waals surface area contributed by atoms with E-state index in [0.717, 1.165) is 32.4 Å². The van der Waals surface area contributed by atoms with Crippen molar-refractivity contribution < 1.29 is 32.4 Å². The number of ether oxygens (including phenoxy) is 2. The lowest BCUT2D eigenvalue weighted by atomic mass is 10.1. The molecule has 11 nitrogen and oxygen atoms in total. The summed E-state index contributed by atoms with van der Waals surface area (Å²) in [6.07, 6.45) is 2.17. The molecule has 1 aliphatic rings. The molecule has 152 valence electrons. The second-order valence-corrected chi connectivity index (χ2v) is 7.68. The lowest BCUT2D eigenvalue weighted by Crippen LogP contribution is -2.26. The quantitative estimate of drug-likeness (QED) is 0.275. The van der Waals surface area contributed by atoms with Crippen LogP contribution in [-0.4, -0.2) is 45.5 Å². The largest absolute Gasteiger partial charge is 0.466 e. The average Bonchev–Trinajstić information content (AvgIpc) is 3.44.